The number of amides is 1. The van der Waals surface area contributed by atoms with E-state index < -0.39 is 10.0 Å². The molecule has 1 aliphatic rings. The molecule has 2 aromatic carbocycles. The van der Waals surface area contributed by atoms with E-state index in [1.807, 2.05) is 25.1 Å². The van der Waals surface area contributed by atoms with Crippen LogP contribution in [0.1, 0.15) is 34.3 Å². The van der Waals surface area contributed by atoms with Crippen molar-refractivity contribution in [2.75, 3.05) is 17.8 Å². The number of carbonyl (C=O) groups excluding carboxylic acids is 1. The highest BCUT2D eigenvalue weighted by Crippen LogP contribution is 2.18. The smallest absolute Gasteiger partial charge is 0.253 e. The number of aryl methyl sites for hydroxylation is 1. The summed E-state index contributed by atoms with van der Waals surface area (Å²) in [5.41, 5.74) is 2.68. The maximum Gasteiger partial charge on any atom is 0.253 e. The van der Waals surface area contributed by atoms with Gasteiger partial charge in [0.05, 0.1) is 5.75 Å². The van der Waals surface area contributed by atoms with E-state index in [0.717, 1.165) is 37.1 Å². The molecule has 3 rings (SSSR count). The Morgan fingerprint density at radius 3 is 2.52 bits per heavy atom. The Labute approximate surface area is 148 Å². The van der Waals surface area contributed by atoms with Crippen molar-refractivity contribution in [3.8, 4) is 0 Å². The topological polar surface area (TPSA) is 66.5 Å². The fourth-order valence-electron chi connectivity index (χ4n) is 3.06. The van der Waals surface area contributed by atoms with Gasteiger partial charge in [0.2, 0.25) is 10.0 Å². The summed E-state index contributed by atoms with van der Waals surface area (Å²) in [4.78, 5) is 14.2. The fourth-order valence-corrected chi connectivity index (χ4v) is 4.23. The van der Waals surface area contributed by atoms with Crippen molar-refractivity contribution in [3.63, 3.8) is 0 Å². The molecule has 0 spiro atoms. The van der Waals surface area contributed by atoms with E-state index in [0.29, 0.717) is 11.3 Å². The van der Waals surface area contributed by atoms with Crippen LogP contribution in [-0.4, -0.2) is 32.3 Å². The highest BCUT2D eigenvalue weighted by Gasteiger charge is 2.20. The standard InChI is InChI=1S/C19H22N2O3S/c1-15-6-4-7-16(12-15)14-25(23,24)20-18-9-5-8-17(13-18)19(22)21-10-2-3-11-21/h4-9,12-13,20H,2-3,10-11,14H2,1H3. The average molecular weight is 358 g/mol. The van der Waals surface area contributed by atoms with Crippen LogP contribution in [0, 0.1) is 6.92 Å². The van der Waals surface area contributed by atoms with Crippen molar-refractivity contribution < 1.29 is 13.2 Å². The van der Waals surface area contributed by atoms with Crippen molar-refractivity contribution in [1.82, 2.24) is 4.90 Å². The zero-order valence-corrected chi connectivity index (χ0v) is 15.1. The second kappa shape index (κ2) is 7.27. The first-order valence-electron chi connectivity index (χ1n) is 8.38. The van der Waals surface area contributed by atoms with E-state index in [9.17, 15) is 13.2 Å². The second-order valence-corrected chi connectivity index (χ2v) is 8.15. The van der Waals surface area contributed by atoms with Crippen LogP contribution in [0.3, 0.4) is 0 Å². The zero-order valence-electron chi connectivity index (χ0n) is 14.2. The van der Waals surface area contributed by atoms with Crippen molar-refractivity contribution in [1.29, 1.82) is 0 Å². The number of anilines is 1. The van der Waals surface area contributed by atoms with Gasteiger partial charge in [0, 0.05) is 24.3 Å². The molecule has 1 amide bonds. The second-order valence-electron chi connectivity index (χ2n) is 6.43. The molecule has 0 aromatic heterocycles. The number of carbonyl (C=O) groups is 1. The van der Waals surface area contributed by atoms with Crippen molar-refractivity contribution >= 4 is 21.6 Å². The number of nitrogens with zero attached hydrogens (tertiary/aromatic N) is 1. The van der Waals surface area contributed by atoms with Gasteiger partial charge in [-0.2, -0.15) is 0 Å². The molecular weight excluding hydrogens is 336 g/mol. The zero-order chi connectivity index (χ0) is 17.9. The van der Waals surface area contributed by atoms with E-state index in [-0.39, 0.29) is 11.7 Å². The Morgan fingerprint density at radius 1 is 1.08 bits per heavy atom. The number of nitrogens with one attached hydrogen (secondary N) is 1. The summed E-state index contributed by atoms with van der Waals surface area (Å²) in [6, 6.07) is 14.1. The Bertz CT molecular complexity index is 872. The van der Waals surface area contributed by atoms with Gasteiger partial charge in [-0.05, 0) is 43.5 Å². The SMILES string of the molecule is Cc1cccc(CS(=O)(=O)Nc2cccc(C(=O)N3CCCC3)c2)c1. The Hall–Kier alpha value is -2.34. The first-order valence-corrected chi connectivity index (χ1v) is 10.0. The molecule has 0 bridgehead atoms. The third kappa shape index (κ3) is 4.60. The normalized spacial score (nSPS) is 14.5. The maximum atomic E-state index is 12.4. The number of hydrogen-bond donors (Lipinski definition) is 1. The van der Waals surface area contributed by atoms with Crippen LogP contribution in [0.15, 0.2) is 48.5 Å². The van der Waals surface area contributed by atoms with Gasteiger partial charge in [-0.25, -0.2) is 8.42 Å². The van der Waals surface area contributed by atoms with Crippen molar-refractivity contribution in [3.05, 3.63) is 65.2 Å². The van der Waals surface area contributed by atoms with Crippen molar-refractivity contribution in [2.45, 2.75) is 25.5 Å². The van der Waals surface area contributed by atoms with Gasteiger partial charge in [0.25, 0.3) is 5.91 Å². The van der Waals surface area contributed by atoms with Crippen LogP contribution >= 0.6 is 0 Å². The molecule has 1 aliphatic heterocycles. The molecule has 0 saturated carbocycles. The minimum Gasteiger partial charge on any atom is -0.339 e. The predicted octanol–water partition coefficient (Wildman–Crippen LogP) is 3.17. The highest BCUT2D eigenvalue weighted by molar-refractivity contribution is 7.91. The molecular formula is C19H22N2O3S. The van der Waals surface area contributed by atoms with E-state index >= 15 is 0 Å². The molecule has 132 valence electrons. The summed E-state index contributed by atoms with van der Waals surface area (Å²) in [5, 5.41) is 0. The van der Waals surface area contributed by atoms with Crippen LogP contribution in [0.5, 0.6) is 0 Å². The van der Waals surface area contributed by atoms with Crippen LogP contribution in [0.4, 0.5) is 5.69 Å². The molecule has 25 heavy (non-hydrogen) atoms. The van der Waals surface area contributed by atoms with E-state index in [2.05, 4.69) is 4.72 Å². The molecule has 0 atom stereocenters. The molecule has 2 aromatic rings. The molecule has 5 nitrogen and oxygen atoms in total. The lowest BCUT2D eigenvalue weighted by atomic mass is 10.2. The molecule has 1 heterocycles. The quantitative estimate of drug-likeness (QED) is 0.893. The summed E-state index contributed by atoms with van der Waals surface area (Å²) in [6.45, 7) is 3.46. The lowest BCUT2D eigenvalue weighted by molar-refractivity contribution is 0.0793. The average Bonchev–Trinajstić information content (AvgIpc) is 3.08. The fraction of sp³-hybridized carbons (Fsp3) is 0.316. The summed E-state index contributed by atoms with van der Waals surface area (Å²) in [7, 11) is -3.54. The van der Waals surface area contributed by atoms with Gasteiger partial charge in [-0.15, -0.1) is 0 Å². The first-order chi connectivity index (χ1) is 11.9. The molecule has 1 N–H and O–H groups in total. The molecule has 0 unspecified atom stereocenters. The van der Waals surface area contributed by atoms with Gasteiger partial charge in [0.1, 0.15) is 0 Å². The summed E-state index contributed by atoms with van der Waals surface area (Å²) < 4.78 is 27.4. The summed E-state index contributed by atoms with van der Waals surface area (Å²) in [6.07, 6.45) is 2.04. The first kappa shape index (κ1) is 17.5. The van der Waals surface area contributed by atoms with Crippen LogP contribution < -0.4 is 4.72 Å². The molecule has 1 fully saturated rings. The molecule has 0 radical (unpaired) electrons. The Morgan fingerprint density at radius 2 is 1.80 bits per heavy atom. The van der Waals surface area contributed by atoms with Crippen LogP contribution in [0.2, 0.25) is 0 Å². The number of sulfonamides is 1. The highest BCUT2D eigenvalue weighted by atomic mass is 32.2. The minimum atomic E-state index is -3.54. The van der Waals surface area contributed by atoms with E-state index in [1.165, 1.54) is 0 Å². The van der Waals surface area contributed by atoms with Gasteiger partial charge in [-0.1, -0.05) is 35.9 Å². The van der Waals surface area contributed by atoms with Crippen molar-refractivity contribution in [2.24, 2.45) is 0 Å². The third-order valence-corrected chi connectivity index (χ3v) is 5.48. The lowest BCUT2D eigenvalue weighted by Crippen LogP contribution is -2.27. The van der Waals surface area contributed by atoms with Gasteiger partial charge in [-0.3, -0.25) is 9.52 Å². The number of likely N-dealkylation sites (tertiary alicyclic amines) is 1. The number of hydrogen-bond acceptors (Lipinski definition) is 3. The number of benzene rings is 2. The summed E-state index contributed by atoms with van der Waals surface area (Å²) >= 11 is 0. The molecule has 0 aliphatic carbocycles. The largest absolute Gasteiger partial charge is 0.339 e. The number of rotatable bonds is 5. The van der Waals surface area contributed by atoms with E-state index in [1.54, 1.807) is 35.2 Å². The monoisotopic (exact) mass is 358 g/mol. The minimum absolute atomic E-state index is 0.0442. The summed E-state index contributed by atoms with van der Waals surface area (Å²) in [5.74, 6) is -0.142. The molecule has 1 saturated heterocycles. The van der Waals surface area contributed by atoms with Gasteiger partial charge >= 0.3 is 0 Å². The Kier molecular flexibility index (Phi) is 5.08. The van der Waals surface area contributed by atoms with E-state index in [4.69, 9.17) is 0 Å². The Balaban J connectivity index is 1.73. The van der Waals surface area contributed by atoms with Gasteiger partial charge in [0.15, 0.2) is 0 Å². The van der Waals surface area contributed by atoms with Crippen LogP contribution in [0.25, 0.3) is 0 Å². The van der Waals surface area contributed by atoms with Crippen LogP contribution in [-0.2, 0) is 15.8 Å². The predicted molar refractivity (Wildman–Crippen MR) is 99.0 cm³/mol. The molecule has 6 heteroatoms. The van der Waals surface area contributed by atoms with Gasteiger partial charge < -0.3 is 4.90 Å². The maximum absolute atomic E-state index is 12.4. The lowest BCUT2D eigenvalue weighted by Gasteiger charge is -2.16. The third-order valence-electron chi connectivity index (χ3n) is 4.22.